The Morgan fingerprint density at radius 3 is 2.78 bits per heavy atom. The Morgan fingerprint density at radius 2 is 2.06 bits per heavy atom. The summed E-state index contributed by atoms with van der Waals surface area (Å²) in [6.45, 7) is 6.90. The molecule has 2 aliphatic heterocycles. The van der Waals surface area contributed by atoms with E-state index >= 15 is 0 Å². The van der Waals surface area contributed by atoms with Gasteiger partial charge in [0.2, 0.25) is 6.79 Å². The molecule has 1 aromatic carbocycles. The fraction of sp³-hybridized carbons (Fsp3) is 0.571. The second kappa shape index (κ2) is 4.59. The number of anilines is 2. The highest BCUT2D eigenvalue weighted by Crippen LogP contribution is 2.43. The Bertz CT molecular complexity index is 448. The van der Waals surface area contributed by atoms with Gasteiger partial charge in [0.15, 0.2) is 11.5 Å². The average Bonchev–Trinajstić information content (AvgIpc) is 2.84. The summed E-state index contributed by atoms with van der Waals surface area (Å²) in [5.41, 5.74) is 2.41. The van der Waals surface area contributed by atoms with Crippen LogP contribution in [0.3, 0.4) is 0 Å². The Balaban J connectivity index is 2.00. The number of hydrogen-bond acceptors (Lipinski definition) is 4. The van der Waals surface area contributed by atoms with Crippen LogP contribution in [-0.4, -0.2) is 25.9 Å². The van der Waals surface area contributed by atoms with Gasteiger partial charge in [-0.2, -0.15) is 0 Å². The highest BCUT2D eigenvalue weighted by molar-refractivity contribution is 5.77. The molecule has 0 aromatic heterocycles. The van der Waals surface area contributed by atoms with Crippen LogP contribution in [0, 0.1) is 0 Å². The molecule has 0 saturated heterocycles. The van der Waals surface area contributed by atoms with Crippen molar-refractivity contribution in [1.29, 1.82) is 0 Å². The van der Waals surface area contributed by atoms with E-state index in [2.05, 4.69) is 36.2 Å². The molecule has 0 saturated carbocycles. The van der Waals surface area contributed by atoms with E-state index in [-0.39, 0.29) is 0 Å². The van der Waals surface area contributed by atoms with E-state index in [9.17, 15) is 0 Å². The van der Waals surface area contributed by atoms with Gasteiger partial charge in [-0.1, -0.05) is 13.8 Å². The van der Waals surface area contributed by atoms with E-state index in [0.29, 0.717) is 12.8 Å². The third-order valence-corrected chi connectivity index (χ3v) is 3.71. The van der Waals surface area contributed by atoms with Gasteiger partial charge in [0.1, 0.15) is 0 Å². The minimum absolute atomic E-state index is 0.337. The quantitative estimate of drug-likeness (QED) is 0.892. The molecular formula is C14H20N2O2. The first-order valence-electron chi connectivity index (χ1n) is 6.77. The SMILES string of the molecule is CCCN1c2cc3c(cc2NCC1CC)OCO3. The maximum absolute atomic E-state index is 5.48. The van der Waals surface area contributed by atoms with Gasteiger partial charge < -0.3 is 19.7 Å². The summed E-state index contributed by atoms with van der Waals surface area (Å²) in [5, 5.41) is 3.50. The molecule has 0 fully saturated rings. The smallest absolute Gasteiger partial charge is 0.231 e. The molecule has 1 N–H and O–H groups in total. The second-order valence-electron chi connectivity index (χ2n) is 4.86. The van der Waals surface area contributed by atoms with Gasteiger partial charge in [0.25, 0.3) is 0 Å². The van der Waals surface area contributed by atoms with Crippen molar-refractivity contribution in [2.45, 2.75) is 32.7 Å². The van der Waals surface area contributed by atoms with Crippen molar-refractivity contribution in [2.75, 3.05) is 30.1 Å². The Hall–Kier alpha value is -1.58. The lowest BCUT2D eigenvalue weighted by atomic mass is 10.1. The molecule has 2 aliphatic rings. The monoisotopic (exact) mass is 248 g/mol. The number of ether oxygens (including phenoxy) is 2. The Labute approximate surface area is 108 Å². The normalized spacial score (nSPS) is 20.6. The first-order valence-corrected chi connectivity index (χ1v) is 6.77. The molecule has 4 nitrogen and oxygen atoms in total. The van der Waals surface area contributed by atoms with Crippen molar-refractivity contribution < 1.29 is 9.47 Å². The molecule has 3 rings (SSSR count). The lowest BCUT2D eigenvalue weighted by Crippen LogP contribution is -2.44. The van der Waals surface area contributed by atoms with Crippen LogP contribution in [0.2, 0.25) is 0 Å². The predicted octanol–water partition coefficient (Wildman–Crippen LogP) is 2.84. The van der Waals surface area contributed by atoms with Crippen LogP contribution in [-0.2, 0) is 0 Å². The van der Waals surface area contributed by atoms with Gasteiger partial charge in [-0.05, 0) is 12.8 Å². The summed E-state index contributed by atoms with van der Waals surface area (Å²) < 4.78 is 10.9. The maximum Gasteiger partial charge on any atom is 0.231 e. The van der Waals surface area contributed by atoms with Crippen molar-refractivity contribution in [3.8, 4) is 11.5 Å². The van der Waals surface area contributed by atoms with Crippen LogP contribution < -0.4 is 19.7 Å². The number of nitrogens with zero attached hydrogens (tertiary/aromatic N) is 1. The molecule has 0 radical (unpaired) electrons. The highest BCUT2D eigenvalue weighted by atomic mass is 16.7. The molecule has 1 atom stereocenters. The minimum atomic E-state index is 0.337. The van der Waals surface area contributed by atoms with Gasteiger partial charge in [0, 0.05) is 31.3 Å². The zero-order valence-electron chi connectivity index (χ0n) is 11.0. The number of benzene rings is 1. The average molecular weight is 248 g/mol. The van der Waals surface area contributed by atoms with Crippen molar-refractivity contribution >= 4 is 11.4 Å². The second-order valence-corrected chi connectivity index (χ2v) is 4.86. The molecular weight excluding hydrogens is 228 g/mol. The first-order chi connectivity index (χ1) is 8.83. The zero-order chi connectivity index (χ0) is 12.5. The van der Waals surface area contributed by atoms with E-state index in [0.717, 1.165) is 43.1 Å². The highest BCUT2D eigenvalue weighted by Gasteiger charge is 2.27. The van der Waals surface area contributed by atoms with Crippen molar-refractivity contribution in [1.82, 2.24) is 0 Å². The van der Waals surface area contributed by atoms with Crippen LogP contribution in [0.25, 0.3) is 0 Å². The summed E-state index contributed by atoms with van der Waals surface area (Å²) in [5.74, 6) is 1.72. The molecule has 1 aromatic rings. The molecule has 4 heteroatoms. The van der Waals surface area contributed by atoms with Gasteiger partial charge in [0.05, 0.1) is 11.4 Å². The van der Waals surface area contributed by atoms with E-state index in [4.69, 9.17) is 9.47 Å². The van der Waals surface area contributed by atoms with E-state index in [1.54, 1.807) is 0 Å². The molecule has 0 bridgehead atoms. The summed E-state index contributed by atoms with van der Waals surface area (Å²) in [4.78, 5) is 2.49. The van der Waals surface area contributed by atoms with Crippen molar-refractivity contribution in [3.05, 3.63) is 12.1 Å². The van der Waals surface area contributed by atoms with Gasteiger partial charge in [-0.25, -0.2) is 0 Å². The number of hydrogen-bond donors (Lipinski definition) is 1. The standard InChI is InChI=1S/C14H20N2O2/c1-3-5-16-10(4-2)8-15-11-6-13-14(7-12(11)16)18-9-17-13/h6-7,10,15H,3-5,8-9H2,1-2H3. The Morgan fingerprint density at radius 1 is 1.28 bits per heavy atom. The Kier molecular flexibility index (Phi) is 2.94. The molecule has 18 heavy (non-hydrogen) atoms. The number of fused-ring (bicyclic) bond motifs is 2. The van der Waals surface area contributed by atoms with E-state index in [1.165, 1.54) is 5.69 Å². The maximum atomic E-state index is 5.48. The minimum Gasteiger partial charge on any atom is -0.454 e. The van der Waals surface area contributed by atoms with Gasteiger partial charge in [-0.3, -0.25) is 0 Å². The molecule has 0 amide bonds. The zero-order valence-corrected chi connectivity index (χ0v) is 11.0. The molecule has 2 heterocycles. The largest absolute Gasteiger partial charge is 0.454 e. The van der Waals surface area contributed by atoms with Crippen LogP contribution in [0.15, 0.2) is 12.1 Å². The topological polar surface area (TPSA) is 33.7 Å². The molecule has 0 spiro atoms. The van der Waals surface area contributed by atoms with Crippen LogP contribution in [0.4, 0.5) is 11.4 Å². The van der Waals surface area contributed by atoms with Crippen LogP contribution in [0.5, 0.6) is 11.5 Å². The van der Waals surface area contributed by atoms with Gasteiger partial charge in [-0.15, -0.1) is 0 Å². The van der Waals surface area contributed by atoms with E-state index < -0.39 is 0 Å². The van der Waals surface area contributed by atoms with Crippen LogP contribution in [0.1, 0.15) is 26.7 Å². The first kappa shape index (κ1) is 11.5. The molecule has 1 unspecified atom stereocenters. The lowest BCUT2D eigenvalue weighted by Gasteiger charge is -2.39. The third kappa shape index (κ3) is 1.76. The van der Waals surface area contributed by atoms with Crippen molar-refractivity contribution in [2.24, 2.45) is 0 Å². The third-order valence-electron chi connectivity index (χ3n) is 3.71. The molecule has 0 aliphatic carbocycles. The number of nitrogens with one attached hydrogen (secondary N) is 1. The molecule has 98 valence electrons. The lowest BCUT2D eigenvalue weighted by molar-refractivity contribution is 0.174. The summed E-state index contributed by atoms with van der Waals surface area (Å²) in [6.07, 6.45) is 2.31. The van der Waals surface area contributed by atoms with Crippen molar-refractivity contribution in [3.63, 3.8) is 0 Å². The fourth-order valence-corrected chi connectivity index (χ4v) is 2.75. The summed E-state index contributed by atoms with van der Waals surface area (Å²) in [7, 11) is 0. The number of rotatable bonds is 3. The summed E-state index contributed by atoms with van der Waals surface area (Å²) >= 11 is 0. The summed E-state index contributed by atoms with van der Waals surface area (Å²) in [6, 6.07) is 4.74. The fourth-order valence-electron chi connectivity index (χ4n) is 2.75. The van der Waals surface area contributed by atoms with Crippen LogP contribution >= 0.6 is 0 Å². The predicted molar refractivity (Wildman–Crippen MR) is 72.8 cm³/mol. The van der Waals surface area contributed by atoms with Gasteiger partial charge >= 0.3 is 0 Å². The van der Waals surface area contributed by atoms with E-state index in [1.807, 2.05) is 0 Å².